The molecule has 6 fully saturated rings. The number of rotatable bonds is 7. The van der Waals surface area contributed by atoms with Crippen molar-refractivity contribution in [3.05, 3.63) is 11.6 Å². The summed E-state index contributed by atoms with van der Waals surface area (Å²) in [6.45, 7) is 14.8. The average Bonchev–Trinajstić information content (AvgIpc) is 3.13. The van der Waals surface area contributed by atoms with Crippen LogP contribution in [0.3, 0.4) is 0 Å². The number of carboxylic acid groups (broad SMARTS) is 3. The fraction of sp³-hybridized carbons (Fsp3) is 0.857. The number of ketones is 1. The van der Waals surface area contributed by atoms with Crippen LogP contribution in [-0.4, -0.2) is 132 Å². The highest BCUT2D eigenvalue weighted by Crippen LogP contribution is 2.75. The molecule has 0 spiro atoms. The molecule has 5 aliphatic carbocycles. The molecule has 0 aromatic carbocycles. The van der Waals surface area contributed by atoms with Gasteiger partial charge in [0.25, 0.3) is 0 Å². The molecule has 326 valence electrons. The van der Waals surface area contributed by atoms with Crippen molar-refractivity contribution in [1.82, 2.24) is 0 Å². The second-order valence-electron chi connectivity index (χ2n) is 20.6. The lowest BCUT2D eigenvalue weighted by Crippen LogP contribution is -2.68. The molecule has 0 aromatic heterocycles. The summed E-state index contributed by atoms with van der Waals surface area (Å²) >= 11 is 0. The van der Waals surface area contributed by atoms with E-state index in [0.29, 0.717) is 25.7 Å². The molecule has 0 amide bonds. The summed E-state index contributed by atoms with van der Waals surface area (Å²) in [5.74, 6) is -4.47. The molecule has 0 bridgehead atoms. The van der Waals surface area contributed by atoms with Gasteiger partial charge in [0.2, 0.25) is 0 Å². The number of hydrogen-bond acceptors (Lipinski definition) is 13. The van der Waals surface area contributed by atoms with Gasteiger partial charge in [0.05, 0.1) is 11.5 Å². The number of ether oxygens (including phenoxy) is 4. The summed E-state index contributed by atoms with van der Waals surface area (Å²) in [7, 11) is 0. The third-order valence-electron chi connectivity index (χ3n) is 17.2. The summed E-state index contributed by atoms with van der Waals surface area (Å²) in [5, 5.41) is 83.0. The van der Waals surface area contributed by atoms with Crippen LogP contribution in [-0.2, 0) is 38.1 Å². The quantitative estimate of drug-likeness (QED) is 0.171. The van der Waals surface area contributed by atoms with E-state index in [-0.39, 0.29) is 34.4 Å². The number of hydrogen-bond donors (Lipinski definition) is 8. The Labute approximate surface area is 337 Å². The van der Waals surface area contributed by atoms with E-state index < -0.39 is 107 Å². The van der Waals surface area contributed by atoms with Crippen molar-refractivity contribution in [2.75, 3.05) is 0 Å². The highest BCUT2D eigenvalue weighted by atomic mass is 16.8. The fourth-order valence-corrected chi connectivity index (χ4v) is 13.4. The minimum absolute atomic E-state index is 0.0217. The Hall–Kier alpha value is -2.54. The van der Waals surface area contributed by atoms with Crippen LogP contribution in [0.15, 0.2) is 11.6 Å². The van der Waals surface area contributed by atoms with Crippen LogP contribution in [0.5, 0.6) is 0 Å². The number of aliphatic carboxylic acids is 3. The van der Waals surface area contributed by atoms with E-state index in [0.717, 1.165) is 37.7 Å². The molecule has 58 heavy (non-hydrogen) atoms. The molecule has 0 radical (unpaired) electrons. The Morgan fingerprint density at radius 1 is 0.690 bits per heavy atom. The maximum atomic E-state index is 14.8. The van der Waals surface area contributed by atoms with Crippen molar-refractivity contribution < 1.29 is 79.0 Å². The Morgan fingerprint density at radius 2 is 1.28 bits per heavy atom. The van der Waals surface area contributed by atoms with Crippen molar-refractivity contribution in [1.29, 1.82) is 0 Å². The third-order valence-corrected chi connectivity index (χ3v) is 17.2. The van der Waals surface area contributed by atoms with Crippen molar-refractivity contribution >= 4 is 23.7 Å². The highest BCUT2D eigenvalue weighted by Gasteiger charge is 2.71. The van der Waals surface area contributed by atoms with Gasteiger partial charge in [0.1, 0.15) is 36.6 Å². The van der Waals surface area contributed by atoms with E-state index in [1.54, 1.807) is 0 Å². The van der Waals surface area contributed by atoms with E-state index >= 15 is 0 Å². The Balaban J connectivity index is 1.17. The van der Waals surface area contributed by atoms with Gasteiger partial charge in [0.15, 0.2) is 30.6 Å². The Kier molecular flexibility index (Phi) is 10.7. The lowest BCUT2D eigenvalue weighted by molar-refractivity contribution is -0.371. The molecule has 7 aliphatic rings. The predicted octanol–water partition coefficient (Wildman–Crippen LogP) is 2.25. The fourth-order valence-electron chi connectivity index (χ4n) is 13.4. The molecule has 2 aliphatic heterocycles. The third kappa shape index (κ3) is 6.25. The molecular formula is C42H62O16. The highest BCUT2D eigenvalue weighted by molar-refractivity contribution is 5.95. The zero-order valence-corrected chi connectivity index (χ0v) is 34.4. The summed E-state index contributed by atoms with van der Waals surface area (Å²) in [5.41, 5.74) is -1.81. The molecular weight excluding hydrogens is 760 g/mol. The number of carbonyl (C=O) groups excluding carboxylic acids is 1. The van der Waals surface area contributed by atoms with Gasteiger partial charge in [-0.3, -0.25) is 9.59 Å². The summed E-state index contributed by atoms with van der Waals surface area (Å²) in [6, 6.07) is 0. The van der Waals surface area contributed by atoms with Crippen LogP contribution >= 0.6 is 0 Å². The predicted molar refractivity (Wildman–Crippen MR) is 199 cm³/mol. The molecule has 1 unspecified atom stereocenters. The van der Waals surface area contributed by atoms with Crippen LogP contribution < -0.4 is 0 Å². The van der Waals surface area contributed by atoms with E-state index in [9.17, 15) is 60.0 Å². The second-order valence-corrected chi connectivity index (χ2v) is 20.6. The molecule has 7 rings (SSSR count). The zero-order valence-electron chi connectivity index (χ0n) is 34.4. The van der Waals surface area contributed by atoms with Crippen molar-refractivity contribution in [3.8, 4) is 0 Å². The number of allylic oxidation sites excluding steroid dienone is 2. The van der Waals surface area contributed by atoms with Crippen molar-refractivity contribution in [3.63, 3.8) is 0 Å². The monoisotopic (exact) mass is 822 g/mol. The molecule has 16 heteroatoms. The van der Waals surface area contributed by atoms with E-state index in [1.807, 2.05) is 26.8 Å². The van der Waals surface area contributed by atoms with Crippen LogP contribution in [0.2, 0.25) is 0 Å². The number of carboxylic acids is 3. The lowest BCUT2D eigenvalue weighted by atomic mass is 9.33. The van der Waals surface area contributed by atoms with Gasteiger partial charge < -0.3 is 59.8 Å². The lowest BCUT2D eigenvalue weighted by Gasteiger charge is -2.70. The minimum Gasteiger partial charge on any atom is -0.481 e. The van der Waals surface area contributed by atoms with Crippen molar-refractivity contribution in [2.45, 2.75) is 174 Å². The first-order valence-corrected chi connectivity index (χ1v) is 20.7. The number of aliphatic hydroxyl groups excluding tert-OH is 5. The van der Waals surface area contributed by atoms with Gasteiger partial charge in [-0.05, 0) is 110 Å². The van der Waals surface area contributed by atoms with Gasteiger partial charge in [0, 0.05) is 5.92 Å². The summed E-state index contributed by atoms with van der Waals surface area (Å²) in [6.07, 6.45) is -12.2. The Morgan fingerprint density at radius 3 is 1.88 bits per heavy atom. The Bertz CT molecular complexity index is 1730. The van der Waals surface area contributed by atoms with Crippen molar-refractivity contribution in [2.24, 2.45) is 50.2 Å². The molecule has 2 heterocycles. The topological polar surface area (TPSA) is 267 Å². The average molecular weight is 823 g/mol. The summed E-state index contributed by atoms with van der Waals surface area (Å²) in [4.78, 5) is 51.3. The van der Waals surface area contributed by atoms with Gasteiger partial charge in [-0.15, -0.1) is 0 Å². The molecule has 8 N–H and O–H groups in total. The largest absolute Gasteiger partial charge is 0.481 e. The first kappa shape index (κ1) is 43.5. The van der Waals surface area contributed by atoms with Gasteiger partial charge in [-0.2, -0.15) is 0 Å². The molecule has 4 saturated carbocycles. The maximum absolute atomic E-state index is 14.8. The van der Waals surface area contributed by atoms with Crippen LogP contribution in [0.25, 0.3) is 0 Å². The van der Waals surface area contributed by atoms with E-state index in [1.165, 1.54) is 0 Å². The van der Waals surface area contributed by atoms with Gasteiger partial charge in [-0.25, -0.2) is 9.59 Å². The molecule has 19 atom stereocenters. The summed E-state index contributed by atoms with van der Waals surface area (Å²) < 4.78 is 23.4. The second kappa shape index (κ2) is 14.3. The molecule has 0 aromatic rings. The maximum Gasteiger partial charge on any atom is 0.335 e. The van der Waals surface area contributed by atoms with Crippen LogP contribution in [0.1, 0.15) is 106 Å². The number of aliphatic hydroxyl groups is 5. The standard InChI is InChI=1S/C42H62O16/c1-37(2)21-8-11-42(7)31(20(43)16-18-19-17-39(4,36(53)54)13-12-38(19,3)14-15-41(18,42)6)40(21,5)10-9-22(37)55-35-30(26(47)25(46)29(57-35)33(51)52)58-34-27(48)23(44)24(45)28(56-34)32(49)50/h16,19,21-31,34-35,44-48H,8-15,17H2,1-7H3,(H,49,50)(H,51,52)(H,53,54)/t19-,21-,22?,23-,24-,25-,26-,27+,28-,29-,30+,31+,34-,35-,38+,39+,40-,41+,42+/m0/s1. The van der Waals surface area contributed by atoms with E-state index in [2.05, 4.69) is 27.7 Å². The first-order chi connectivity index (χ1) is 26.8. The molecule has 16 nitrogen and oxygen atoms in total. The zero-order chi connectivity index (χ0) is 42.9. The molecule has 2 saturated heterocycles. The normalized spacial score (nSPS) is 52.6. The van der Waals surface area contributed by atoms with Crippen LogP contribution in [0, 0.1) is 50.2 Å². The SMILES string of the molecule is CC1(C)C(O[C@H]2O[C@H](C(=O)O)[C@@H](O)[C@H](O)[C@H]2O[C@@H]2O[C@H](C(=O)O)[C@@H](O)[C@H](O)[C@H]2O)CC[C@]2(C)[C@H]3C(=O)C=C4[C@@H]5C[C@](C)(C(=O)O)CC[C@]5(C)CC[C@@]4(C)[C@]3(C)CC[C@@H]12. The smallest absolute Gasteiger partial charge is 0.335 e. The van der Waals surface area contributed by atoms with Gasteiger partial charge in [-0.1, -0.05) is 47.1 Å². The minimum atomic E-state index is -2.05. The van der Waals surface area contributed by atoms with Gasteiger partial charge >= 0.3 is 17.9 Å². The van der Waals surface area contributed by atoms with Crippen LogP contribution in [0.4, 0.5) is 0 Å². The first-order valence-electron chi connectivity index (χ1n) is 20.7. The number of fused-ring (bicyclic) bond motifs is 7. The number of carbonyl (C=O) groups is 4. The van der Waals surface area contributed by atoms with E-state index in [4.69, 9.17) is 18.9 Å².